The van der Waals surface area contributed by atoms with Gasteiger partial charge in [-0.2, -0.15) is 0 Å². The Morgan fingerprint density at radius 1 is 1.47 bits per heavy atom. The SMILES string of the molecule is COc1c(C=O)cc([N+](=O)[O-])c2c1C=CC(C)(C)O2. The number of ether oxygens (including phenoxy) is 2. The highest BCUT2D eigenvalue weighted by Crippen LogP contribution is 2.44. The molecule has 6 nitrogen and oxygen atoms in total. The Morgan fingerprint density at radius 3 is 2.68 bits per heavy atom. The van der Waals surface area contributed by atoms with E-state index in [9.17, 15) is 14.9 Å². The molecule has 1 aromatic rings. The number of benzene rings is 1. The summed E-state index contributed by atoms with van der Waals surface area (Å²) in [5.74, 6) is 0.405. The molecule has 1 aliphatic heterocycles. The number of nitro groups is 1. The molecule has 0 radical (unpaired) electrons. The van der Waals surface area contributed by atoms with E-state index >= 15 is 0 Å². The van der Waals surface area contributed by atoms with Crippen LogP contribution in [0.3, 0.4) is 0 Å². The summed E-state index contributed by atoms with van der Waals surface area (Å²) in [6.45, 7) is 3.58. The van der Waals surface area contributed by atoms with Crippen molar-refractivity contribution in [2.75, 3.05) is 7.11 Å². The number of hydrogen-bond acceptors (Lipinski definition) is 5. The van der Waals surface area contributed by atoms with E-state index in [4.69, 9.17) is 9.47 Å². The third kappa shape index (κ3) is 2.16. The zero-order valence-corrected chi connectivity index (χ0v) is 10.8. The normalized spacial score (nSPS) is 15.3. The fourth-order valence-electron chi connectivity index (χ4n) is 1.97. The molecular weight excluding hydrogens is 250 g/mol. The van der Waals surface area contributed by atoms with Crippen molar-refractivity contribution < 1.29 is 19.2 Å². The molecule has 0 saturated carbocycles. The van der Waals surface area contributed by atoms with E-state index < -0.39 is 10.5 Å². The molecule has 0 N–H and O–H groups in total. The van der Waals surface area contributed by atoms with Gasteiger partial charge in [0.15, 0.2) is 6.29 Å². The van der Waals surface area contributed by atoms with Gasteiger partial charge in [-0.3, -0.25) is 14.9 Å². The van der Waals surface area contributed by atoms with Crippen molar-refractivity contribution in [2.24, 2.45) is 0 Å². The molecular formula is C13H13NO5. The first kappa shape index (κ1) is 13.1. The zero-order chi connectivity index (χ0) is 14.2. The van der Waals surface area contributed by atoms with Crippen molar-refractivity contribution in [1.29, 1.82) is 0 Å². The van der Waals surface area contributed by atoms with Crippen LogP contribution >= 0.6 is 0 Å². The summed E-state index contributed by atoms with van der Waals surface area (Å²) in [7, 11) is 1.40. The Labute approximate surface area is 109 Å². The minimum absolute atomic E-state index is 0.125. The van der Waals surface area contributed by atoms with E-state index in [-0.39, 0.29) is 22.7 Å². The Kier molecular flexibility index (Phi) is 3.01. The molecule has 2 rings (SSSR count). The van der Waals surface area contributed by atoms with Gasteiger partial charge in [0.2, 0.25) is 5.75 Å². The summed E-state index contributed by atoms with van der Waals surface area (Å²) in [5.41, 5.74) is -0.347. The van der Waals surface area contributed by atoms with Crippen molar-refractivity contribution >= 4 is 18.0 Å². The number of fused-ring (bicyclic) bond motifs is 1. The van der Waals surface area contributed by atoms with Gasteiger partial charge in [-0.05, 0) is 26.0 Å². The Morgan fingerprint density at radius 2 is 2.16 bits per heavy atom. The van der Waals surface area contributed by atoms with Gasteiger partial charge in [0.25, 0.3) is 0 Å². The quantitative estimate of drug-likeness (QED) is 0.475. The smallest absolute Gasteiger partial charge is 0.312 e. The van der Waals surface area contributed by atoms with Gasteiger partial charge in [0.05, 0.1) is 23.2 Å². The lowest BCUT2D eigenvalue weighted by atomic mass is 9.98. The van der Waals surface area contributed by atoms with Crippen LogP contribution in [-0.4, -0.2) is 23.9 Å². The number of nitro benzene ring substituents is 1. The maximum absolute atomic E-state index is 11.1. The fourth-order valence-corrected chi connectivity index (χ4v) is 1.97. The molecule has 6 heteroatoms. The summed E-state index contributed by atoms with van der Waals surface area (Å²) in [6.07, 6.45) is 3.97. The summed E-state index contributed by atoms with van der Waals surface area (Å²) in [5, 5.41) is 11.1. The number of rotatable bonds is 3. The summed E-state index contributed by atoms with van der Waals surface area (Å²) >= 11 is 0. The van der Waals surface area contributed by atoms with Gasteiger partial charge in [-0.25, -0.2) is 0 Å². The number of nitrogens with zero attached hydrogens (tertiary/aromatic N) is 1. The molecule has 1 heterocycles. The molecule has 0 amide bonds. The van der Waals surface area contributed by atoms with Crippen molar-refractivity contribution in [2.45, 2.75) is 19.4 Å². The molecule has 0 atom stereocenters. The van der Waals surface area contributed by atoms with Crippen molar-refractivity contribution in [3.05, 3.63) is 33.4 Å². The average molecular weight is 263 g/mol. The van der Waals surface area contributed by atoms with Crippen LogP contribution in [0.5, 0.6) is 11.5 Å². The second-order valence-electron chi connectivity index (χ2n) is 4.67. The van der Waals surface area contributed by atoms with E-state index in [2.05, 4.69) is 0 Å². The number of aldehydes is 1. The highest BCUT2D eigenvalue weighted by molar-refractivity contribution is 5.87. The molecule has 0 aromatic heterocycles. The second kappa shape index (κ2) is 4.38. The van der Waals surface area contributed by atoms with E-state index in [1.54, 1.807) is 26.0 Å². The van der Waals surface area contributed by atoms with Crippen LogP contribution in [0.15, 0.2) is 12.1 Å². The van der Waals surface area contributed by atoms with Crippen LogP contribution in [0.25, 0.3) is 6.08 Å². The highest BCUT2D eigenvalue weighted by Gasteiger charge is 2.32. The molecule has 0 bridgehead atoms. The minimum Gasteiger partial charge on any atom is -0.495 e. The highest BCUT2D eigenvalue weighted by atomic mass is 16.6. The topological polar surface area (TPSA) is 78.7 Å². The first-order valence-electron chi connectivity index (χ1n) is 5.62. The van der Waals surface area contributed by atoms with Gasteiger partial charge in [-0.1, -0.05) is 0 Å². The van der Waals surface area contributed by atoms with E-state index in [1.165, 1.54) is 13.2 Å². The number of methoxy groups -OCH3 is 1. The number of carbonyl (C=O) groups is 1. The molecule has 1 aliphatic rings. The van der Waals surface area contributed by atoms with Gasteiger partial charge in [-0.15, -0.1) is 0 Å². The van der Waals surface area contributed by atoms with E-state index in [0.717, 1.165) is 0 Å². The summed E-state index contributed by atoms with van der Waals surface area (Å²) < 4.78 is 10.8. The maximum Gasteiger partial charge on any atom is 0.312 e. The lowest BCUT2D eigenvalue weighted by molar-refractivity contribution is -0.386. The fraction of sp³-hybridized carbons (Fsp3) is 0.308. The predicted octanol–water partition coefficient (Wildman–Crippen LogP) is 2.60. The van der Waals surface area contributed by atoms with Gasteiger partial charge < -0.3 is 9.47 Å². The molecule has 19 heavy (non-hydrogen) atoms. The van der Waals surface area contributed by atoms with Gasteiger partial charge in [0.1, 0.15) is 11.4 Å². The van der Waals surface area contributed by atoms with Crippen LogP contribution in [-0.2, 0) is 0 Å². The summed E-state index contributed by atoms with van der Waals surface area (Å²) in [4.78, 5) is 21.5. The van der Waals surface area contributed by atoms with E-state index in [1.807, 2.05) is 0 Å². The van der Waals surface area contributed by atoms with Crippen molar-refractivity contribution in [3.63, 3.8) is 0 Å². The van der Waals surface area contributed by atoms with Gasteiger partial charge in [0, 0.05) is 6.07 Å². The lowest BCUT2D eigenvalue weighted by Crippen LogP contribution is -2.28. The Hall–Kier alpha value is -2.37. The maximum atomic E-state index is 11.1. The summed E-state index contributed by atoms with van der Waals surface area (Å²) in [6, 6.07) is 1.17. The lowest BCUT2D eigenvalue weighted by Gasteiger charge is -2.28. The van der Waals surface area contributed by atoms with Crippen LogP contribution in [0, 0.1) is 10.1 Å². The van der Waals surface area contributed by atoms with E-state index in [0.29, 0.717) is 11.8 Å². The standard InChI is InChI=1S/C13H13NO5/c1-13(2)5-4-9-11(18-3)8(7-15)6-10(14(16)17)12(9)19-13/h4-7H,1-3H3. The van der Waals surface area contributed by atoms with Crippen LogP contribution in [0.2, 0.25) is 0 Å². The molecule has 0 saturated heterocycles. The first-order chi connectivity index (χ1) is 8.89. The Bertz CT molecular complexity index is 589. The van der Waals surface area contributed by atoms with Gasteiger partial charge >= 0.3 is 5.69 Å². The Balaban J connectivity index is 2.78. The van der Waals surface area contributed by atoms with Crippen molar-refractivity contribution in [1.82, 2.24) is 0 Å². The minimum atomic E-state index is -0.647. The average Bonchev–Trinajstić information content (AvgIpc) is 2.35. The van der Waals surface area contributed by atoms with Crippen LogP contribution in [0.4, 0.5) is 5.69 Å². The third-order valence-electron chi connectivity index (χ3n) is 2.82. The van der Waals surface area contributed by atoms with Crippen LogP contribution < -0.4 is 9.47 Å². The molecule has 0 fully saturated rings. The number of hydrogen-bond donors (Lipinski definition) is 0. The number of carbonyl (C=O) groups excluding carboxylic acids is 1. The van der Waals surface area contributed by atoms with Crippen LogP contribution in [0.1, 0.15) is 29.8 Å². The predicted molar refractivity (Wildman–Crippen MR) is 68.8 cm³/mol. The first-order valence-corrected chi connectivity index (χ1v) is 5.62. The molecule has 0 spiro atoms. The molecule has 0 aliphatic carbocycles. The third-order valence-corrected chi connectivity index (χ3v) is 2.82. The zero-order valence-electron chi connectivity index (χ0n) is 10.8. The molecule has 0 unspecified atom stereocenters. The molecule has 1 aromatic carbocycles. The second-order valence-corrected chi connectivity index (χ2v) is 4.67. The molecule has 100 valence electrons. The largest absolute Gasteiger partial charge is 0.495 e. The van der Waals surface area contributed by atoms with Crippen molar-refractivity contribution in [3.8, 4) is 11.5 Å². The monoisotopic (exact) mass is 263 g/mol.